The number of hydrogen-bond acceptors (Lipinski definition) is 11. The fourth-order valence-electron chi connectivity index (χ4n) is 5.60. The molecule has 0 aromatic heterocycles. The highest BCUT2D eigenvalue weighted by atomic mass is 32.2. The third kappa shape index (κ3) is 6.29. The second-order valence-corrected chi connectivity index (χ2v) is 12.7. The van der Waals surface area contributed by atoms with E-state index in [1.165, 1.54) is 0 Å². The van der Waals surface area contributed by atoms with Crippen molar-refractivity contribution >= 4 is 33.6 Å². The zero-order valence-electron chi connectivity index (χ0n) is 21.8. The standard InChI is InChI=1S/C26H33NO10S2/c1-3-4-11-35-25-18(23(29)24(25)30)14-22-26(2,15-16-6-9-21(16)28)19-13-17(38-37-36-31)7-8-20(19)27(22)10-5-12-39(32,33)34/h7-8,13,16,21,28H,3-6,9-12,14-15H2,1-2H3,(H-,31,32,33,34)/p-1/t16-,21?,26-/m1/s1. The molecule has 0 spiro atoms. The summed E-state index contributed by atoms with van der Waals surface area (Å²) >= 11 is 0.731. The van der Waals surface area contributed by atoms with Crippen LogP contribution in [0, 0.1) is 5.92 Å². The van der Waals surface area contributed by atoms with Crippen LogP contribution in [-0.4, -0.2) is 53.4 Å². The molecule has 1 aliphatic heterocycles. The highest BCUT2D eigenvalue weighted by Gasteiger charge is 2.52. The topological polar surface area (TPSA) is 165 Å². The number of fused-ring (bicyclic) bond motifs is 1. The number of benzene rings is 1. The van der Waals surface area contributed by atoms with E-state index in [1.54, 1.807) is 12.1 Å². The third-order valence-electron chi connectivity index (χ3n) is 7.85. The van der Waals surface area contributed by atoms with Gasteiger partial charge in [0.2, 0.25) is 11.1 Å². The lowest BCUT2D eigenvalue weighted by Gasteiger charge is -2.38. The van der Waals surface area contributed by atoms with Gasteiger partial charge in [-0.1, -0.05) is 13.3 Å². The molecule has 0 radical (unpaired) electrons. The van der Waals surface area contributed by atoms with Crippen LogP contribution in [0.2, 0.25) is 0 Å². The van der Waals surface area contributed by atoms with Crippen LogP contribution in [0.25, 0.3) is 0 Å². The molecule has 13 heteroatoms. The van der Waals surface area contributed by atoms with Crippen molar-refractivity contribution in [1.29, 1.82) is 0 Å². The van der Waals surface area contributed by atoms with Crippen molar-refractivity contribution in [2.24, 2.45) is 5.92 Å². The summed E-state index contributed by atoms with van der Waals surface area (Å²) in [6, 6.07) is 5.33. The maximum absolute atomic E-state index is 12.7. The van der Waals surface area contributed by atoms with Gasteiger partial charge in [0.25, 0.3) is 5.43 Å². The Morgan fingerprint density at radius 2 is 1.97 bits per heavy atom. The number of hydrogen-bond donors (Lipinski definition) is 1. The average Bonchev–Trinajstić information content (AvgIpc) is 3.12. The van der Waals surface area contributed by atoms with Gasteiger partial charge in [-0.25, -0.2) is 8.42 Å². The summed E-state index contributed by atoms with van der Waals surface area (Å²) in [7, 11) is -4.44. The van der Waals surface area contributed by atoms with E-state index in [2.05, 4.69) is 9.37 Å². The van der Waals surface area contributed by atoms with Gasteiger partial charge in [-0.3, -0.25) is 14.6 Å². The zero-order chi connectivity index (χ0) is 28.4. The lowest BCUT2D eigenvalue weighted by molar-refractivity contribution is -0.777. The number of rotatable bonds is 15. The van der Waals surface area contributed by atoms with E-state index in [9.17, 15) is 32.9 Å². The van der Waals surface area contributed by atoms with Crippen molar-refractivity contribution in [1.82, 2.24) is 0 Å². The van der Waals surface area contributed by atoms with Gasteiger partial charge >= 0.3 is 0 Å². The lowest BCUT2D eigenvalue weighted by Crippen LogP contribution is -2.45. The summed E-state index contributed by atoms with van der Waals surface area (Å²) in [5, 5.41) is 24.3. The fraction of sp³-hybridized carbons (Fsp3) is 0.577. The quantitative estimate of drug-likeness (QED) is 0.0613. The van der Waals surface area contributed by atoms with Gasteiger partial charge in [-0.05, 0) is 50.7 Å². The molecule has 0 bridgehead atoms. The molecule has 0 amide bonds. The highest BCUT2D eigenvalue weighted by molar-refractivity contribution is 7.94. The number of ether oxygens (including phenoxy) is 1. The van der Waals surface area contributed by atoms with Crippen molar-refractivity contribution in [2.45, 2.75) is 75.2 Å². The second kappa shape index (κ2) is 12.2. The van der Waals surface area contributed by atoms with E-state index < -0.39 is 38.2 Å². The van der Waals surface area contributed by atoms with Crippen molar-refractivity contribution < 1.29 is 42.0 Å². The maximum Gasteiger partial charge on any atom is 0.268 e. The molecule has 1 heterocycles. The van der Waals surface area contributed by atoms with Crippen LogP contribution >= 0.6 is 12.0 Å². The van der Waals surface area contributed by atoms with E-state index in [0.717, 1.165) is 48.3 Å². The van der Waals surface area contributed by atoms with Crippen LogP contribution in [0.1, 0.15) is 63.5 Å². The molecule has 39 heavy (non-hydrogen) atoms. The maximum atomic E-state index is 12.7. The van der Waals surface area contributed by atoms with Crippen LogP contribution in [0.4, 0.5) is 5.69 Å². The van der Waals surface area contributed by atoms with Crippen molar-refractivity contribution in [3.05, 3.63) is 49.8 Å². The molecule has 1 unspecified atom stereocenters. The van der Waals surface area contributed by atoms with E-state index in [-0.39, 0.29) is 36.6 Å². The average molecular weight is 583 g/mol. The van der Waals surface area contributed by atoms with Gasteiger partial charge in [0, 0.05) is 28.7 Å². The summed E-state index contributed by atoms with van der Waals surface area (Å²) < 4.78 is 46.1. The van der Waals surface area contributed by atoms with Gasteiger partial charge in [0.1, 0.15) is 6.54 Å². The molecule has 3 atom stereocenters. The Morgan fingerprint density at radius 1 is 1.21 bits per heavy atom. The Bertz CT molecular complexity index is 1410. The van der Waals surface area contributed by atoms with E-state index in [4.69, 9.17) is 4.74 Å². The van der Waals surface area contributed by atoms with Gasteiger partial charge < -0.3 is 19.7 Å². The molecule has 1 fully saturated rings. The van der Waals surface area contributed by atoms with Crippen LogP contribution in [-0.2, 0) is 31.3 Å². The predicted octanol–water partition coefficient (Wildman–Crippen LogP) is 1.39. The summed E-state index contributed by atoms with van der Waals surface area (Å²) in [6.45, 7) is 4.46. The Hall–Kier alpha value is -2.13. The molecular formula is C26H32NO10S2-. The molecule has 0 saturated heterocycles. The molecule has 1 N–H and O–H groups in total. The van der Waals surface area contributed by atoms with Crippen molar-refractivity contribution in [3.8, 4) is 5.75 Å². The highest BCUT2D eigenvalue weighted by Crippen LogP contribution is 2.49. The summed E-state index contributed by atoms with van der Waals surface area (Å²) in [5.74, 6) is -0.509. The molecule has 1 saturated carbocycles. The van der Waals surface area contributed by atoms with Gasteiger partial charge in [-0.15, -0.1) is 0 Å². The molecule has 2 aromatic rings. The lowest BCUT2D eigenvalue weighted by atomic mass is 9.66. The summed E-state index contributed by atoms with van der Waals surface area (Å²) in [6.07, 6.45) is 3.29. The molecular weight excluding hydrogens is 550 g/mol. The molecule has 2 aromatic carbocycles. The first-order chi connectivity index (χ1) is 18.5. The van der Waals surface area contributed by atoms with Crippen LogP contribution < -0.4 is 20.9 Å². The summed E-state index contributed by atoms with van der Waals surface area (Å²) in [4.78, 5) is 25.6. The number of aliphatic hydroxyl groups is 1. The normalized spacial score (nSPS) is 22.8. The number of unbranched alkanes of at least 4 members (excludes halogenated alkanes) is 1. The minimum Gasteiger partial charge on any atom is -0.748 e. The van der Waals surface area contributed by atoms with E-state index in [0.29, 0.717) is 24.3 Å². The molecule has 4 rings (SSSR count). The van der Waals surface area contributed by atoms with Gasteiger partial charge in [-0.2, -0.15) is 8.91 Å². The van der Waals surface area contributed by atoms with Crippen LogP contribution in [0.3, 0.4) is 0 Å². The summed E-state index contributed by atoms with van der Waals surface area (Å²) in [5.41, 5.74) is 0.569. The van der Waals surface area contributed by atoms with Crippen LogP contribution in [0.15, 0.2) is 32.7 Å². The predicted molar refractivity (Wildman–Crippen MR) is 140 cm³/mol. The van der Waals surface area contributed by atoms with Crippen molar-refractivity contribution in [3.63, 3.8) is 0 Å². The first-order valence-electron chi connectivity index (χ1n) is 13.0. The van der Waals surface area contributed by atoms with E-state index in [1.807, 2.05) is 24.5 Å². The smallest absolute Gasteiger partial charge is 0.268 e. The Labute approximate surface area is 230 Å². The monoisotopic (exact) mass is 582 g/mol. The first-order valence-corrected chi connectivity index (χ1v) is 15.3. The molecule has 2 aliphatic rings. The van der Waals surface area contributed by atoms with Crippen LogP contribution in [0.5, 0.6) is 5.75 Å². The second-order valence-electron chi connectivity index (χ2n) is 10.4. The Balaban J connectivity index is 1.79. The first kappa shape index (κ1) is 29.8. The zero-order valence-corrected chi connectivity index (χ0v) is 23.5. The van der Waals surface area contributed by atoms with E-state index >= 15 is 0 Å². The molecule has 214 valence electrons. The van der Waals surface area contributed by atoms with Gasteiger partial charge in [0.05, 0.1) is 52.3 Å². The van der Waals surface area contributed by atoms with Crippen molar-refractivity contribution in [2.75, 3.05) is 18.9 Å². The Kier molecular flexibility index (Phi) is 9.31. The number of aliphatic hydroxyl groups excluding tert-OH is 1. The minimum absolute atomic E-state index is 0.00895. The molecule has 11 nitrogen and oxygen atoms in total. The van der Waals surface area contributed by atoms with Gasteiger partial charge in [0.15, 0.2) is 11.5 Å². The molecule has 1 aliphatic carbocycles. The third-order valence-corrected chi connectivity index (χ3v) is 9.21. The largest absolute Gasteiger partial charge is 0.748 e. The number of nitrogens with zero attached hydrogens (tertiary/aromatic N) is 1. The minimum atomic E-state index is -4.44. The SMILES string of the molecule is CCCCOc1c(CC2=[N+](CCCS(=O)(=O)[O-])c3ccc(SOO[O-])cc3[C@@]2(C)C[C@H]2CCC2O)c(=O)c1=O. The fourth-order valence-corrected chi connectivity index (χ4v) is 6.48. The Morgan fingerprint density at radius 3 is 2.59 bits per heavy atom.